The number of aromatic nitrogens is 4. The second-order valence-electron chi connectivity index (χ2n) is 14.2. The van der Waals surface area contributed by atoms with Crippen LogP contribution in [0.3, 0.4) is 0 Å². The van der Waals surface area contributed by atoms with Crippen molar-refractivity contribution in [1.29, 1.82) is 0 Å². The molecule has 0 unspecified atom stereocenters. The first kappa shape index (κ1) is 34.4. The zero-order valence-corrected chi connectivity index (χ0v) is 31.0. The van der Waals surface area contributed by atoms with E-state index >= 15 is 0 Å². The second kappa shape index (κ2) is 14.7. The topological polar surface area (TPSA) is 112 Å². The van der Waals surface area contributed by atoms with Gasteiger partial charge in [-0.15, -0.1) is 0 Å². The van der Waals surface area contributed by atoms with Crippen molar-refractivity contribution in [2.45, 2.75) is 51.5 Å². The zero-order chi connectivity index (χ0) is 34.8. The molecule has 7 rings (SSSR count). The molecule has 2 aliphatic heterocycles. The van der Waals surface area contributed by atoms with Gasteiger partial charge in [-0.05, 0) is 88.2 Å². The maximum Gasteiger partial charge on any atom is 0.229 e. The Hall–Kier alpha value is -4.05. The number of piperidine rings is 1. The van der Waals surface area contributed by atoms with Crippen LogP contribution in [0.1, 0.15) is 50.2 Å². The molecule has 0 saturated carbocycles. The molecule has 0 bridgehead atoms. The quantitative estimate of drug-likeness (QED) is 0.177. The van der Waals surface area contributed by atoms with Crippen LogP contribution >= 0.6 is 7.14 Å². The molecule has 0 radical (unpaired) electrons. The summed E-state index contributed by atoms with van der Waals surface area (Å²) in [5, 5.41) is 7.71. The molecule has 264 valence electrons. The number of fused-ring (bicyclic) bond motifs is 1. The Labute approximate surface area is 295 Å². The Morgan fingerprint density at radius 2 is 1.74 bits per heavy atom. The number of allylic oxidation sites excluding steroid dienone is 2. The fourth-order valence-electron chi connectivity index (χ4n) is 7.72. The number of hydrogen-bond donors (Lipinski definition) is 2. The molecule has 2 saturated heterocycles. The zero-order valence-electron chi connectivity index (χ0n) is 30.1. The largest absolute Gasteiger partial charge is 0.494 e. The lowest BCUT2D eigenvalue weighted by Gasteiger charge is -2.43. The summed E-state index contributed by atoms with van der Waals surface area (Å²) in [5.41, 5.74) is 7.55. The van der Waals surface area contributed by atoms with Crippen LogP contribution in [-0.4, -0.2) is 103 Å². The highest BCUT2D eigenvalue weighted by atomic mass is 31.2. The monoisotopic (exact) mass is 695 g/mol. The van der Waals surface area contributed by atoms with E-state index in [1.54, 1.807) is 32.8 Å². The molecule has 50 heavy (non-hydrogen) atoms. The first-order valence-corrected chi connectivity index (χ1v) is 20.6. The number of nitrogens with zero attached hydrogens (tertiary/aromatic N) is 7. The third-order valence-corrected chi connectivity index (χ3v) is 12.0. The highest BCUT2D eigenvalue weighted by Crippen LogP contribution is 2.42. The normalized spacial score (nSPS) is 18.0. The van der Waals surface area contributed by atoms with Gasteiger partial charge in [0.05, 0.1) is 29.3 Å². The van der Waals surface area contributed by atoms with E-state index in [0.29, 0.717) is 39.8 Å². The lowest BCUT2D eigenvalue weighted by Crippen LogP contribution is -2.52. The second-order valence-corrected chi connectivity index (χ2v) is 17.3. The number of nitrogens with one attached hydrogen (secondary N) is 2. The maximum atomic E-state index is 13.7. The maximum absolute atomic E-state index is 13.7. The Kier molecular flexibility index (Phi) is 10.1. The van der Waals surface area contributed by atoms with Gasteiger partial charge in [0.2, 0.25) is 5.95 Å². The minimum Gasteiger partial charge on any atom is -0.494 e. The minimum atomic E-state index is -2.76. The first-order chi connectivity index (χ1) is 24.2. The number of hydrogen-bond acceptors (Lipinski definition) is 11. The Morgan fingerprint density at radius 1 is 0.960 bits per heavy atom. The van der Waals surface area contributed by atoms with Crippen LogP contribution in [0, 0.1) is 0 Å². The Balaban J connectivity index is 1.17. The fourth-order valence-corrected chi connectivity index (χ4v) is 9.11. The van der Waals surface area contributed by atoms with Crippen LogP contribution in [0.4, 0.5) is 28.8 Å². The van der Waals surface area contributed by atoms with Crippen molar-refractivity contribution in [2.24, 2.45) is 0 Å². The van der Waals surface area contributed by atoms with Gasteiger partial charge in [-0.2, -0.15) is 4.98 Å². The molecular weight excluding hydrogens is 645 g/mol. The van der Waals surface area contributed by atoms with Crippen molar-refractivity contribution in [3.8, 4) is 5.75 Å². The van der Waals surface area contributed by atoms with Crippen LogP contribution < -0.4 is 25.6 Å². The van der Waals surface area contributed by atoms with Gasteiger partial charge < -0.3 is 29.7 Å². The number of aryl methyl sites for hydroxylation is 1. The molecule has 0 spiro atoms. The number of methoxy groups -OCH3 is 1. The van der Waals surface area contributed by atoms with Gasteiger partial charge in [0, 0.05) is 81.2 Å². The number of piperazine rings is 1. The average Bonchev–Trinajstić information content (AvgIpc) is 3.66. The van der Waals surface area contributed by atoms with Crippen LogP contribution in [-0.2, 0) is 11.0 Å². The number of benzene rings is 2. The smallest absolute Gasteiger partial charge is 0.229 e. The van der Waals surface area contributed by atoms with Crippen molar-refractivity contribution < 1.29 is 9.30 Å². The van der Waals surface area contributed by atoms with E-state index in [0.717, 1.165) is 68.9 Å². The van der Waals surface area contributed by atoms with Gasteiger partial charge in [0.25, 0.3) is 0 Å². The van der Waals surface area contributed by atoms with Gasteiger partial charge in [-0.1, -0.05) is 13.0 Å². The third-order valence-electron chi connectivity index (χ3n) is 10.5. The number of rotatable bonds is 10. The predicted molar refractivity (Wildman–Crippen MR) is 206 cm³/mol. The summed E-state index contributed by atoms with van der Waals surface area (Å²) in [5.74, 6) is 1.87. The molecule has 0 atom stereocenters. The summed E-state index contributed by atoms with van der Waals surface area (Å²) in [6.45, 7) is 12.5. The van der Waals surface area contributed by atoms with Crippen molar-refractivity contribution >= 4 is 57.9 Å². The van der Waals surface area contributed by atoms with E-state index in [1.165, 1.54) is 42.8 Å². The van der Waals surface area contributed by atoms with Crippen LogP contribution in [0.5, 0.6) is 5.75 Å². The standard InChI is InChI=1S/C38H50N9O2P/c1-6-26-23-32(34(49-3)24-33(26)47-17-13-28(14-18-47)46-21-19-45(2)20-22-46)43-38-41-25-29(27-9-7-8-10-27)37(44-38)42-31-12-11-30-35(40-16-15-39-30)36(31)50(4,5)48/h9,11-12,15-16,23-25,28H,6-8,10,13-14,17-22H2,1-5H3,(H2,41,42,43,44). The van der Waals surface area contributed by atoms with E-state index in [4.69, 9.17) is 14.7 Å². The highest BCUT2D eigenvalue weighted by Gasteiger charge is 2.28. The summed E-state index contributed by atoms with van der Waals surface area (Å²) < 4.78 is 19.7. The first-order valence-electron chi connectivity index (χ1n) is 18.0. The Bertz CT molecular complexity index is 1930. The summed E-state index contributed by atoms with van der Waals surface area (Å²) in [7, 11) is 1.18. The van der Waals surface area contributed by atoms with Gasteiger partial charge >= 0.3 is 0 Å². The molecule has 11 nitrogen and oxygen atoms in total. The highest BCUT2D eigenvalue weighted by molar-refractivity contribution is 7.71. The van der Waals surface area contributed by atoms with Gasteiger partial charge in [-0.3, -0.25) is 14.9 Å². The van der Waals surface area contributed by atoms with E-state index in [9.17, 15) is 4.57 Å². The number of likely N-dealkylation sites (N-methyl/N-ethyl adjacent to an activating group) is 1. The number of ether oxygens (including phenoxy) is 1. The molecule has 4 heterocycles. The lowest BCUT2D eigenvalue weighted by molar-refractivity contribution is 0.0982. The summed E-state index contributed by atoms with van der Waals surface area (Å²) in [4.78, 5) is 26.5. The van der Waals surface area contributed by atoms with Crippen LogP contribution in [0.2, 0.25) is 0 Å². The minimum absolute atomic E-state index is 0.453. The molecule has 3 aliphatic rings. The summed E-state index contributed by atoms with van der Waals surface area (Å²) in [6.07, 6.45) is 13.8. The molecule has 1 aliphatic carbocycles. The van der Waals surface area contributed by atoms with Crippen molar-refractivity contribution in [3.05, 3.63) is 60.1 Å². The van der Waals surface area contributed by atoms with E-state index < -0.39 is 7.14 Å². The van der Waals surface area contributed by atoms with Crippen LogP contribution in [0.15, 0.2) is 48.9 Å². The SMILES string of the molecule is CCc1cc(Nc2ncc(C3=CCCC3)c(Nc3ccc4nccnc4c3P(C)(C)=O)n2)c(OC)cc1N1CCC(N2CCN(C)CC2)CC1. The fraction of sp³-hybridized carbons (Fsp3) is 0.474. The third kappa shape index (κ3) is 7.22. The summed E-state index contributed by atoms with van der Waals surface area (Å²) >= 11 is 0. The molecule has 2 aromatic heterocycles. The molecule has 2 fully saturated rings. The molecule has 2 aromatic carbocycles. The summed E-state index contributed by atoms with van der Waals surface area (Å²) in [6, 6.07) is 8.87. The average molecular weight is 696 g/mol. The van der Waals surface area contributed by atoms with Crippen molar-refractivity contribution in [3.63, 3.8) is 0 Å². The van der Waals surface area contributed by atoms with Gasteiger partial charge in [0.15, 0.2) is 0 Å². The van der Waals surface area contributed by atoms with E-state index in [1.807, 2.05) is 18.3 Å². The van der Waals surface area contributed by atoms with Crippen molar-refractivity contribution in [2.75, 3.05) is 82.3 Å². The predicted octanol–water partition coefficient (Wildman–Crippen LogP) is 6.51. The molecular formula is C38H50N9O2P. The van der Waals surface area contributed by atoms with E-state index in [-0.39, 0.29) is 0 Å². The number of anilines is 5. The molecule has 12 heteroatoms. The Morgan fingerprint density at radius 3 is 2.44 bits per heavy atom. The molecule has 4 aromatic rings. The lowest BCUT2D eigenvalue weighted by atomic mass is 9.99. The van der Waals surface area contributed by atoms with E-state index in [2.05, 4.69) is 67.5 Å². The molecule has 2 N–H and O–H groups in total. The van der Waals surface area contributed by atoms with Gasteiger partial charge in [0.1, 0.15) is 24.2 Å². The van der Waals surface area contributed by atoms with Gasteiger partial charge in [-0.25, -0.2) is 4.98 Å². The molecule has 0 amide bonds. The van der Waals surface area contributed by atoms with Crippen LogP contribution in [0.25, 0.3) is 16.6 Å². The van der Waals surface area contributed by atoms with Crippen molar-refractivity contribution in [1.82, 2.24) is 29.7 Å².